The molecule has 0 spiro atoms. The van der Waals surface area contributed by atoms with E-state index in [4.69, 9.17) is 5.73 Å². The second-order valence-corrected chi connectivity index (χ2v) is 4.45. The number of hydrogen-bond donors (Lipinski definition) is 3. The molecular formula is C12H15F3N2O. The zero-order valence-corrected chi connectivity index (χ0v) is 9.67. The molecule has 18 heavy (non-hydrogen) atoms. The van der Waals surface area contributed by atoms with E-state index in [1.807, 2.05) is 0 Å². The molecule has 1 heterocycles. The van der Waals surface area contributed by atoms with Crippen molar-refractivity contribution in [3.8, 4) is 0 Å². The fourth-order valence-corrected chi connectivity index (χ4v) is 2.29. The lowest BCUT2D eigenvalue weighted by Gasteiger charge is -2.22. The molecule has 1 aliphatic heterocycles. The van der Waals surface area contributed by atoms with Crippen molar-refractivity contribution in [2.24, 2.45) is 0 Å². The van der Waals surface area contributed by atoms with Crippen molar-refractivity contribution in [1.29, 1.82) is 0 Å². The average Bonchev–Trinajstić information content (AvgIpc) is 2.80. The van der Waals surface area contributed by atoms with E-state index in [0.717, 1.165) is 25.5 Å². The summed E-state index contributed by atoms with van der Waals surface area (Å²) in [6, 6.07) is 3.41. The van der Waals surface area contributed by atoms with Gasteiger partial charge in [-0.3, -0.25) is 0 Å². The number of aliphatic hydroxyl groups is 1. The van der Waals surface area contributed by atoms with E-state index in [1.54, 1.807) is 0 Å². The molecule has 0 radical (unpaired) electrons. The van der Waals surface area contributed by atoms with Crippen LogP contribution in [0.25, 0.3) is 0 Å². The first kappa shape index (κ1) is 13.2. The van der Waals surface area contributed by atoms with Gasteiger partial charge in [0.15, 0.2) is 0 Å². The molecule has 0 bridgehead atoms. The van der Waals surface area contributed by atoms with Crippen molar-refractivity contribution >= 4 is 5.69 Å². The normalized spacial score (nSPS) is 22.1. The van der Waals surface area contributed by atoms with Crippen molar-refractivity contribution in [2.75, 3.05) is 12.3 Å². The Balaban J connectivity index is 2.33. The molecule has 1 fully saturated rings. The van der Waals surface area contributed by atoms with Crippen LogP contribution in [0, 0.1) is 0 Å². The lowest BCUT2D eigenvalue weighted by molar-refractivity contribution is -0.137. The molecule has 1 saturated heterocycles. The number of anilines is 1. The van der Waals surface area contributed by atoms with Crippen LogP contribution in [0.2, 0.25) is 0 Å². The highest BCUT2D eigenvalue weighted by Crippen LogP contribution is 2.37. The minimum atomic E-state index is -4.50. The Bertz CT molecular complexity index is 428. The molecule has 1 aliphatic rings. The number of nitrogens with two attached hydrogens (primary N) is 1. The average molecular weight is 260 g/mol. The highest BCUT2D eigenvalue weighted by molar-refractivity contribution is 5.56. The summed E-state index contributed by atoms with van der Waals surface area (Å²) in [7, 11) is 0. The van der Waals surface area contributed by atoms with E-state index < -0.39 is 17.8 Å². The van der Waals surface area contributed by atoms with Gasteiger partial charge >= 0.3 is 6.18 Å². The monoisotopic (exact) mass is 260 g/mol. The van der Waals surface area contributed by atoms with Crippen LogP contribution in [-0.2, 0) is 6.18 Å². The van der Waals surface area contributed by atoms with Crippen LogP contribution in [0.5, 0.6) is 0 Å². The molecule has 1 aromatic carbocycles. The molecule has 0 aromatic heterocycles. The first-order valence-corrected chi connectivity index (χ1v) is 5.78. The van der Waals surface area contributed by atoms with Gasteiger partial charge in [0.2, 0.25) is 0 Å². The van der Waals surface area contributed by atoms with Gasteiger partial charge in [-0.1, -0.05) is 12.1 Å². The van der Waals surface area contributed by atoms with Crippen LogP contribution in [-0.4, -0.2) is 17.7 Å². The van der Waals surface area contributed by atoms with Gasteiger partial charge in [0.1, 0.15) is 0 Å². The fourth-order valence-electron chi connectivity index (χ4n) is 2.29. The van der Waals surface area contributed by atoms with E-state index in [0.29, 0.717) is 0 Å². The number of para-hydroxylation sites is 1. The molecule has 100 valence electrons. The number of nitrogens with one attached hydrogen (secondary N) is 1. The Morgan fingerprint density at radius 1 is 1.39 bits per heavy atom. The molecule has 0 amide bonds. The second kappa shape index (κ2) is 4.78. The molecule has 1 aromatic rings. The van der Waals surface area contributed by atoms with E-state index in [1.165, 1.54) is 12.1 Å². The summed E-state index contributed by atoms with van der Waals surface area (Å²) in [6.07, 6.45) is -3.87. The predicted octanol–water partition coefficient (Wildman–Crippen LogP) is 2.07. The molecule has 2 rings (SSSR count). The Morgan fingerprint density at radius 3 is 2.67 bits per heavy atom. The quantitative estimate of drug-likeness (QED) is 0.713. The number of alkyl halides is 3. The number of benzene rings is 1. The summed E-state index contributed by atoms with van der Waals surface area (Å²) < 4.78 is 38.1. The molecule has 3 nitrogen and oxygen atoms in total. The van der Waals surface area contributed by atoms with Gasteiger partial charge in [0.25, 0.3) is 0 Å². The summed E-state index contributed by atoms with van der Waals surface area (Å²) in [5.41, 5.74) is 4.40. The molecule has 0 aliphatic carbocycles. The van der Waals surface area contributed by atoms with E-state index >= 15 is 0 Å². The van der Waals surface area contributed by atoms with Gasteiger partial charge in [0.05, 0.1) is 11.7 Å². The molecule has 4 N–H and O–H groups in total. The van der Waals surface area contributed by atoms with E-state index in [2.05, 4.69) is 5.32 Å². The predicted molar refractivity (Wildman–Crippen MR) is 61.8 cm³/mol. The highest BCUT2D eigenvalue weighted by Gasteiger charge is 2.35. The lowest BCUT2D eigenvalue weighted by Crippen LogP contribution is -2.29. The van der Waals surface area contributed by atoms with Gasteiger partial charge in [-0.15, -0.1) is 0 Å². The molecule has 0 saturated carbocycles. The van der Waals surface area contributed by atoms with E-state index in [9.17, 15) is 18.3 Å². The zero-order chi connectivity index (χ0) is 13.3. The van der Waals surface area contributed by atoms with Crippen LogP contribution in [0.15, 0.2) is 18.2 Å². The topological polar surface area (TPSA) is 58.3 Å². The third kappa shape index (κ3) is 2.44. The van der Waals surface area contributed by atoms with Crippen molar-refractivity contribution in [3.05, 3.63) is 29.3 Å². The Kier molecular flexibility index (Phi) is 3.49. The first-order chi connectivity index (χ1) is 8.41. The maximum absolute atomic E-state index is 12.7. The van der Waals surface area contributed by atoms with Crippen molar-refractivity contribution in [2.45, 2.75) is 31.2 Å². The van der Waals surface area contributed by atoms with Crippen LogP contribution in [0.3, 0.4) is 0 Å². The summed E-state index contributed by atoms with van der Waals surface area (Å²) in [5, 5.41) is 13.1. The number of hydrogen-bond acceptors (Lipinski definition) is 3. The third-order valence-corrected chi connectivity index (χ3v) is 3.24. The van der Waals surface area contributed by atoms with E-state index in [-0.39, 0.29) is 17.3 Å². The summed E-state index contributed by atoms with van der Waals surface area (Å²) in [5.74, 6) is 0. The minimum Gasteiger partial charge on any atom is -0.398 e. The fraction of sp³-hybridized carbons (Fsp3) is 0.500. The van der Waals surface area contributed by atoms with Crippen molar-refractivity contribution in [1.82, 2.24) is 5.32 Å². The highest BCUT2D eigenvalue weighted by atomic mass is 19.4. The SMILES string of the molecule is Nc1c(C(O)C2CCCN2)cccc1C(F)(F)F. The van der Waals surface area contributed by atoms with Gasteiger partial charge in [-0.05, 0) is 25.5 Å². The molecule has 6 heteroatoms. The Morgan fingerprint density at radius 2 is 2.11 bits per heavy atom. The second-order valence-electron chi connectivity index (χ2n) is 4.45. The Hall–Kier alpha value is -1.27. The largest absolute Gasteiger partial charge is 0.418 e. The van der Waals surface area contributed by atoms with Crippen molar-refractivity contribution in [3.63, 3.8) is 0 Å². The van der Waals surface area contributed by atoms with Crippen LogP contribution in [0.1, 0.15) is 30.1 Å². The molecule has 2 atom stereocenters. The van der Waals surface area contributed by atoms with Gasteiger partial charge in [0, 0.05) is 17.3 Å². The smallest absolute Gasteiger partial charge is 0.398 e. The standard InChI is InChI=1S/C12H15F3N2O/c13-12(14,15)8-4-1-3-7(10(8)16)11(18)9-5-2-6-17-9/h1,3-4,9,11,17-18H,2,5-6,16H2. The zero-order valence-electron chi connectivity index (χ0n) is 9.67. The van der Waals surface area contributed by atoms with Crippen LogP contribution >= 0.6 is 0 Å². The molecular weight excluding hydrogens is 245 g/mol. The molecule has 2 unspecified atom stereocenters. The maximum Gasteiger partial charge on any atom is 0.418 e. The first-order valence-electron chi connectivity index (χ1n) is 5.78. The number of halogens is 3. The number of nitrogen functional groups attached to an aromatic ring is 1. The Labute approximate surface area is 103 Å². The van der Waals surface area contributed by atoms with Crippen LogP contribution < -0.4 is 11.1 Å². The number of aliphatic hydroxyl groups excluding tert-OH is 1. The lowest BCUT2D eigenvalue weighted by atomic mass is 9.97. The van der Waals surface area contributed by atoms with Gasteiger partial charge in [-0.2, -0.15) is 13.2 Å². The van der Waals surface area contributed by atoms with Crippen molar-refractivity contribution < 1.29 is 18.3 Å². The number of rotatable bonds is 2. The minimum absolute atomic E-state index is 0.143. The van der Waals surface area contributed by atoms with Gasteiger partial charge < -0.3 is 16.2 Å². The summed E-state index contributed by atoms with van der Waals surface area (Å²) in [4.78, 5) is 0. The summed E-state index contributed by atoms with van der Waals surface area (Å²) >= 11 is 0. The van der Waals surface area contributed by atoms with Gasteiger partial charge in [-0.25, -0.2) is 0 Å². The summed E-state index contributed by atoms with van der Waals surface area (Å²) in [6.45, 7) is 0.764. The maximum atomic E-state index is 12.7. The third-order valence-electron chi connectivity index (χ3n) is 3.24. The van der Waals surface area contributed by atoms with Crippen LogP contribution in [0.4, 0.5) is 18.9 Å².